The van der Waals surface area contributed by atoms with E-state index in [2.05, 4.69) is 36.7 Å². The van der Waals surface area contributed by atoms with Gasteiger partial charge in [-0.3, -0.25) is 0 Å². The summed E-state index contributed by atoms with van der Waals surface area (Å²) in [6, 6.07) is 0. The van der Waals surface area contributed by atoms with Crippen LogP contribution in [0.3, 0.4) is 0 Å². The minimum Gasteiger partial charge on any atom is -0.385 e. The fraction of sp³-hybridized carbons (Fsp3) is 1.00. The lowest BCUT2D eigenvalue weighted by Crippen LogP contribution is -2.34. The van der Waals surface area contributed by atoms with Crippen LogP contribution in [-0.2, 0) is 9.47 Å². The number of methoxy groups -OCH3 is 1. The van der Waals surface area contributed by atoms with Crippen LogP contribution >= 0.6 is 15.9 Å². The third-order valence-electron chi connectivity index (χ3n) is 4.97. The first kappa shape index (κ1) is 18.4. The van der Waals surface area contributed by atoms with E-state index in [4.69, 9.17) is 9.47 Å². The van der Waals surface area contributed by atoms with Crippen LogP contribution in [0.15, 0.2) is 0 Å². The number of halogens is 1. The maximum absolute atomic E-state index is 5.76. The van der Waals surface area contributed by atoms with E-state index in [1.807, 2.05) is 0 Å². The predicted molar refractivity (Wildman–Crippen MR) is 89.6 cm³/mol. The molecule has 1 aliphatic carbocycles. The summed E-state index contributed by atoms with van der Waals surface area (Å²) in [4.78, 5) is 0. The first-order valence-corrected chi connectivity index (χ1v) is 9.18. The summed E-state index contributed by atoms with van der Waals surface area (Å²) in [5.41, 5.74) is 0.943. The van der Waals surface area contributed by atoms with Gasteiger partial charge in [-0.1, -0.05) is 36.7 Å². The average Bonchev–Trinajstić information content (AvgIpc) is 2.42. The summed E-state index contributed by atoms with van der Waals surface area (Å²) in [7, 11) is 1.74. The smallest absolute Gasteiger partial charge is 0.0487 e. The van der Waals surface area contributed by atoms with Crippen molar-refractivity contribution in [1.29, 1.82) is 0 Å². The fourth-order valence-corrected chi connectivity index (χ4v) is 4.08. The molecule has 0 heterocycles. The highest BCUT2D eigenvalue weighted by atomic mass is 79.9. The number of hydrogen-bond acceptors (Lipinski definition) is 2. The zero-order valence-electron chi connectivity index (χ0n) is 13.8. The van der Waals surface area contributed by atoms with E-state index in [1.54, 1.807) is 7.11 Å². The molecule has 0 spiro atoms. The van der Waals surface area contributed by atoms with Crippen LogP contribution < -0.4 is 0 Å². The van der Waals surface area contributed by atoms with Crippen LogP contribution in [0.25, 0.3) is 0 Å². The molecule has 0 bridgehead atoms. The molecule has 0 amide bonds. The van der Waals surface area contributed by atoms with Gasteiger partial charge < -0.3 is 9.47 Å². The van der Waals surface area contributed by atoms with Gasteiger partial charge >= 0.3 is 0 Å². The molecule has 3 heteroatoms. The van der Waals surface area contributed by atoms with Gasteiger partial charge in [0.25, 0.3) is 0 Å². The molecule has 0 aromatic heterocycles. The van der Waals surface area contributed by atoms with Gasteiger partial charge in [-0.25, -0.2) is 0 Å². The highest BCUT2D eigenvalue weighted by Crippen LogP contribution is 2.47. The Labute approximate surface area is 134 Å². The molecule has 120 valence electrons. The predicted octanol–water partition coefficient (Wildman–Crippen LogP) is 5.05. The summed E-state index contributed by atoms with van der Waals surface area (Å²) < 4.78 is 10.8. The summed E-state index contributed by atoms with van der Waals surface area (Å²) in [6.07, 6.45) is 7.65. The molecule has 0 aromatic rings. The second kappa shape index (κ2) is 8.75. The monoisotopic (exact) mass is 348 g/mol. The van der Waals surface area contributed by atoms with Gasteiger partial charge in [-0.15, -0.1) is 0 Å². The number of alkyl halides is 1. The van der Waals surface area contributed by atoms with E-state index < -0.39 is 0 Å². The molecule has 0 unspecified atom stereocenters. The molecule has 0 radical (unpaired) electrons. The first-order valence-electron chi connectivity index (χ1n) is 8.06. The van der Waals surface area contributed by atoms with Crippen LogP contribution in [0, 0.1) is 16.7 Å². The van der Waals surface area contributed by atoms with Crippen molar-refractivity contribution in [2.75, 3.05) is 32.3 Å². The van der Waals surface area contributed by atoms with Crippen molar-refractivity contribution in [3.05, 3.63) is 0 Å². The second-order valence-corrected chi connectivity index (χ2v) is 8.04. The Morgan fingerprint density at radius 1 is 1.10 bits per heavy atom. The van der Waals surface area contributed by atoms with E-state index in [0.29, 0.717) is 10.8 Å². The number of ether oxygens (including phenoxy) is 2. The van der Waals surface area contributed by atoms with Crippen molar-refractivity contribution < 1.29 is 9.47 Å². The zero-order valence-corrected chi connectivity index (χ0v) is 15.4. The molecule has 0 saturated heterocycles. The van der Waals surface area contributed by atoms with Crippen molar-refractivity contribution >= 4 is 15.9 Å². The molecule has 1 rings (SSSR count). The first-order chi connectivity index (χ1) is 9.43. The van der Waals surface area contributed by atoms with Gasteiger partial charge in [0.05, 0.1) is 0 Å². The lowest BCUT2D eigenvalue weighted by molar-refractivity contribution is 0.0493. The van der Waals surface area contributed by atoms with E-state index in [1.165, 1.54) is 32.1 Å². The molecule has 20 heavy (non-hydrogen) atoms. The Hall–Kier alpha value is 0.400. The van der Waals surface area contributed by atoms with Gasteiger partial charge in [0.1, 0.15) is 0 Å². The van der Waals surface area contributed by atoms with Crippen LogP contribution in [-0.4, -0.2) is 32.3 Å². The summed E-state index contributed by atoms with van der Waals surface area (Å²) in [6.45, 7) is 9.69. The van der Waals surface area contributed by atoms with Crippen LogP contribution in [0.4, 0.5) is 0 Å². The Bertz CT molecular complexity index is 252. The molecule has 0 N–H and O–H groups in total. The fourth-order valence-electron chi connectivity index (χ4n) is 3.24. The normalized spacial score (nSPS) is 27.8. The SMILES string of the molecule is COCCCOCCC1(CBr)CCC(C(C)(C)C)CC1. The summed E-state index contributed by atoms with van der Waals surface area (Å²) >= 11 is 3.76. The van der Waals surface area contributed by atoms with Gasteiger partial charge in [-0.2, -0.15) is 0 Å². The third kappa shape index (κ3) is 6.03. The third-order valence-corrected chi connectivity index (χ3v) is 6.16. The van der Waals surface area contributed by atoms with Crippen molar-refractivity contribution in [1.82, 2.24) is 0 Å². The molecule has 0 aliphatic heterocycles. The molecular formula is C17H33BrO2. The van der Waals surface area contributed by atoms with E-state index in [0.717, 1.165) is 37.5 Å². The van der Waals surface area contributed by atoms with Crippen molar-refractivity contribution in [2.45, 2.75) is 59.3 Å². The lowest BCUT2D eigenvalue weighted by Gasteiger charge is -2.43. The van der Waals surface area contributed by atoms with Crippen LogP contribution in [0.5, 0.6) is 0 Å². The lowest BCUT2D eigenvalue weighted by atomic mass is 9.64. The quantitative estimate of drug-likeness (QED) is 0.451. The molecule has 0 atom stereocenters. The molecule has 0 aromatic carbocycles. The van der Waals surface area contributed by atoms with Crippen LogP contribution in [0.1, 0.15) is 59.3 Å². The van der Waals surface area contributed by atoms with Crippen molar-refractivity contribution in [3.63, 3.8) is 0 Å². The molecular weight excluding hydrogens is 316 g/mol. The van der Waals surface area contributed by atoms with Gasteiger partial charge in [0.2, 0.25) is 0 Å². The molecule has 1 aliphatic rings. The average molecular weight is 349 g/mol. The van der Waals surface area contributed by atoms with Crippen LogP contribution in [0.2, 0.25) is 0 Å². The Morgan fingerprint density at radius 3 is 2.25 bits per heavy atom. The topological polar surface area (TPSA) is 18.5 Å². The van der Waals surface area contributed by atoms with Crippen molar-refractivity contribution in [3.8, 4) is 0 Å². The Balaban J connectivity index is 2.28. The highest BCUT2D eigenvalue weighted by Gasteiger charge is 2.37. The van der Waals surface area contributed by atoms with Gasteiger partial charge in [0.15, 0.2) is 0 Å². The highest BCUT2D eigenvalue weighted by molar-refractivity contribution is 9.09. The zero-order chi connectivity index (χ0) is 15.1. The number of rotatable bonds is 8. The molecule has 1 fully saturated rings. The van der Waals surface area contributed by atoms with E-state index in [9.17, 15) is 0 Å². The van der Waals surface area contributed by atoms with Gasteiger partial charge in [0, 0.05) is 32.3 Å². The summed E-state index contributed by atoms with van der Waals surface area (Å²) in [5.74, 6) is 0.886. The second-order valence-electron chi connectivity index (χ2n) is 7.48. The number of hydrogen-bond donors (Lipinski definition) is 0. The standard InChI is InChI=1S/C17H33BrO2/c1-16(2,3)15-6-8-17(14-18,9-7-15)10-13-20-12-5-11-19-4/h15H,5-14H2,1-4H3. The largest absolute Gasteiger partial charge is 0.385 e. The Kier molecular flexibility index (Phi) is 8.07. The molecule has 2 nitrogen and oxygen atoms in total. The maximum Gasteiger partial charge on any atom is 0.0487 e. The minimum atomic E-state index is 0.467. The van der Waals surface area contributed by atoms with E-state index >= 15 is 0 Å². The molecule has 1 saturated carbocycles. The van der Waals surface area contributed by atoms with E-state index in [-0.39, 0.29) is 0 Å². The minimum absolute atomic E-state index is 0.467. The summed E-state index contributed by atoms with van der Waals surface area (Å²) in [5, 5.41) is 1.12. The maximum atomic E-state index is 5.76. The van der Waals surface area contributed by atoms with Gasteiger partial charge in [-0.05, 0) is 55.3 Å². The Morgan fingerprint density at radius 2 is 1.75 bits per heavy atom. The van der Waals surface area contributed by atoms with Crippen molar-refractivity contribution in [2.24, 2.45) is 16.7 Å².